The van der Waals surface area contributed by atoms with Crippen molar-refractivity contribution in [2.75, 3.05) is 43.1 Å². The van der Waals surface area contributed by atoms with Crippen LogP contribution in [0.15, 0.2) is 46.9 Å². The minimum Gasteiger partial charge on any atom is -0.484 e. The monoisotopic (exact) mass is 404 g/mol. The number of hydrogen-bond donors (Lipinski definition) is 1. The number of halogens is 1. The Hall–Kier alpha value is -2.05. The van der Waals surface area contributed by atoms with Crippen LogP contribution < -0.4 is 15.0 Å². The fourth-order valence-electron chi connectivity index (χ4n) is 2.66. The van der Waals surface area contributed by atoms with Gasteiger partial charge in [0.25, 0.3) is 5.91 Å². The first-order valence-electron chi connectivity index (χ1n) is 8.23. The van der Waals surface area contributed by atoms with Crippen molar-refractivity contribution in [1.29, 1.82) is 0 Å². The number of ether oxygens (including phenoxy) is 2. The lowest BCUT2D eigenvalue weighted by molar-refractivity contribution is -0.118. The molecule has 0 atom stereocenters. The van der Waals surface area contributed by atoms with E-state index in [1.807, 2.05) is 49.4 Å². The Labute approximate surface area is 156 Å². The van der Waals surface area contributed by atoms with Gasteiger partial charge < -0.3 is 19.7 Å². The zero-order chi connectivity index (χ0) is 17.6. The molecule has 1 amide bonds. The number of benzene rings is 2. The Bertz CT molecular complexity index is 728. The molecule has 0 aromatic heterocycles. The Kier molecular flexibility index (Phi) is 5.94. The third kappa shape index (κ3) is 4.96. The van der Waals surface area contributed by atoms with Crippen LogP contribution in [-0.4, -0.2) is 38.8 Å². The van der Waals surface area contributed by atoms with Gasteiger partial charge in [-0.15, -0.1) is 0 Å². The molecule has 1 aliphatic rings. The van der Waals surface area contributed by atoms with E-state index in [9.17, 15) is 4.79 Å². The molecule has 1 fully saturated rings. The van der Waals surface area contributed by atoms with Crippen molar-refractivity contribution in [2.24, 2.45) is 0 Å². The van der Waals surface area contributed by atoms with Crippen LogP contribution in [0.25, 0.3) is 0 Å². The first-order chi connectivity index (χ1) is 12.1. The fourth-order valence-corrected chi connectivity index (χ4v) is 3.02. The van der Waals surface area contributed by atoms with Gasteiger partial charge >= 0.3 is 0 Å². The zero-order valence-electron chi connectivity index (χ0n) is 14.1. The predicted octanol–water partition coefficient (Wildman–Crippen LogP) is 3.61. The molecule has 1 heterocycles. The van der Waals surface area contributed by atoms with Crippen molar-refractivity contribution in [3.05, 3.63) is 52.5 Å². The van der Waals surface area contributed by atoms with Gasteiger partial charge in [0.2, 0.25) is 0 Å². The largest absolute Gasteiger partial charge is 0.484 e. The van der Waals surface area contributed by atoms with E-state index in [1.165, 1.54) is 0 Å². The molecule has 1 N–H and O–H groups in total. The summed E-state index contributed by atoms with van der Waals surface area (Å²) in [5.41, 5.74) is 2.92. The minimum atomic E-state index is -0.187. The molecule has 25 heavy (non-hydrogen) atoms. The van der Waals surface area contributed by atoms with E-state index >= 15 is 0 Å². The molecular weight excluding hydrogens is 384 g/mol. The lowest BCUT2D eigenvalue weighted by Crippen LogP contribution is -2.37. The Morgan fingerprint density at radius 3 is 2.64 bits per heavy atom. The molecule has 2 aromatic rings. The standard InChI is InChI=1S/C19H21BrN2O3/c1-14-2-5-16(6-3-14)25-13-19(23)21-17-12-15(20)4-7-18(17)22-8-10-24-11-9-22/h2-7,12H,8-11,13H2,1H3,(H,21,23). The first kappa shape index (κ1) is 17.8. The van der Waals surface area contributed by atoms with Gasteiger partial charge in [-0.25, -0.2) is 0 Å². The molecule has 0 spiro atoms. The normalized spacial score (nSPS) is 14.2. The van der Waals surface area contributed by atoms with Gasteiger partial charge in [0.05, 0.1) is 24.6 Å². The van der Waals surface area contributed by atoms with Crippen LogP contribution in [0, 0.1) is 6.92 Å². The third-order valence-corrected chi connectivity index (χ3v) is 4.47. The number of amides is 1. The van der Waals surface area contributed by atoms with E-state index in [1.54, 1.807) is 0 Å². The van der Waals surface area contributed by atoms with E-state index in [0.717, 1.165) is 34.5 Å². The Morgan fingerprint density at radius 1 is 1.20 bits per heavy atom. The van der Waals surface area contributed by atoms with Crippen molar-refractivity contribution in [3.8, 4) is 5.75 Å². The summed E-state index contributed by atoms with van der Waals surface area (Å²) in [5, 5.41) is 2.95. The maximum atomic E-state index is 12.3. The van der Waals surface area contributed by atoms with Gasteiger partial charge in [0, 0.05) is 17.6 Å². The van der Waals surface area contributed by atoms with Gasteiger partial charge in [-0.2, -0.15) is 0 Å². The second-order valence-electron chi connectivity index (χ2n) is 5.91. The summed E-state index contributed by atoms with van der Waals surface area (Å²) in [6, 6.07) is 13.5. The Balaban J connectivity index is 1.65. The van der Waals surface area contributed by atoms with E-state index in [0.29, 0.717) is 19.0 Å². The number of carbonyl (C=O) groups is 1. The van der Waals surface area contributed by atoms with E-state index < -0.39 is 0 Å². The summed E-state index contributed by atoms with van der Waals surface area (Å²) in [4.78, 5) is 14.5. The number of nitrogens with one attached hydrogen (secondary N) is 1. The van der Waals surface area contributed by atoms with Crippen LogP contribution in [0.3, 0.4) is 0 Å². The maximum Gasteiger partial charge on any atom is 0.262 e. The van der Waals surface area contributed by atoms with Crippen LogP contribution in [-0.2, 0) is 9.53 Å². The van der Waals surface area contributed by atoms with Crippen molar-refractivity contribution in [2.45, 2.75) is 6.92 Å². The molecule has 132 valence electrons. The summed E-state index contributed by atoms with van der Waals surface area (Å²) in [5.74, 6) is 0.497. The first-order valence-corrected chi connectivity index (χ1v) is 9.03. The van der Waals surface area contributed by atoms with Gasteiger partial charge in [0.1, 0.15) is 5.75 Å². The van der Waals surface area contributed by atoms with Crippen molar-refractivity contribution in [3.63, 3.8) is 0 Å². The summed E-state index contributed by atoms with van der Waals surface area (Å²) >= 11 is 3.47. The summed E-state index contributed by atoms with van der Waals surface area (Å²) in [6.07, 6.45) is 0. The average Bonchev–Trinajstić information content (AvgIpc) is 2.62. The highest BCUT2D eigenvalue weighted by molar-refractivity contribution is 9.10. The highest BCUT2D eigenvalue weighted by Gasteiger charge is 2.16. The molecule has 0 unspecified atom stereocenters. The van der Waals surface area contributed by atoms with Crippen molar-refractivity contribution < 1.29 is 14.3 Å². The molecule has 6 heteroatoms. The van der Waals surface area contributed by atoms with Crippen molar-refractivity contribution in [1.82, 2.24) is 0 Å². The highest BCUT2D eigenvalue weighted by Crippen LogP contribution is 2.30. The van der Waals surface area contributed by atoms with Crippen molar-refractivity contribution >= 4 is 33.2 Å². The van der Waals surface area contributed by atoms with Crippen LogP contribution in [0.4, 0.5) is 11.4 Å². The molecule has 1 aliphatic heterocycles. The van der Waals surface area contributed by atoms with Crippen LogP contribution >= 0.6 is 15.9 Å². The van der Waals surface area contributed by atoms with Gasteiger partial charge in [-0.1, -0.05) is 33.6 Å². The number of aryl methyl sites for hydroxylation is 1. The average molecular weight is 405 g/mol. The predicted molar refractivity (Wildman–Crippen MR) is 102 cm³/mol. The van der Waals surface area contributed by atoms with Crippen LogP contribution in [0.2, 0.25) is 0 Å². The summed E-state index contributed by atoms with van der Waals surface area (Å²) in [7, 11) is 0. The lowest BCUT2D eigenvalue weighted by atomic mass is 10.2. The molecular formula is C19H21BrN2O3. The fraction of sp³-hybridized carbons (Fsp3) is 0.316. The quantitative estimate of drug-likeness (QED) is 0.826. The summed E-state index contributed by atoms with van der Waals surface area (Å²) < 4.78 is 11.9. The smallest absolute Gasteiger partial charge is 0.262 e. The topological polar surface area (TPSA) is 50.8 Å². The molecule has 1 saturated heterocycles. The number of anilines is 2. The maximum absolute atomic E-state index is 12.3. The second-order valence-corrected chi connectivity index (χ2v) is 6.83. The number of carbonyl (C=O) groups excluding carboxylic acids is 1. The molecule has 0 aliphatic carbocycles. The summed E-state index contributed by atoms with van der Waals surface area (Å²) in [6.45, 7) is 4.99. The van der Waals surface area contributed by atoms with E-state index in [4.69, 9.17) is 9.47 Å². The minimum absolute atomic E-state index is 0.0296. The zero-order valence-corrected chi connectivity index (χ0v) is 15.7. The van der Waals surface area contributed by atoms with Gasteiger partial charge in [0.15, 0.2) is 6.61 Å². The molecule has 0 bridgehead atoms. The third-order valence-electron chi connectivity index (χ3n) is 3.98. The number of morpholine rings is 1. The van der Waals surface area contributed by atoms with E-state index in [-0.39, 0.29) is 12.5 Å². The number of rotatable bonds is 5. The molecule has 5 nitrogen and oxygen atoms in total. The molecule has 0 saturated carbocycles. The Morgan fingerprint density at radius 2 is 1.92 bits per heavy atom. The van der Waals surface area contributed by atoms with Crippen LogP contribution in [0.5, 0.6) is 5.75 Å². The number of hydrogen-bond acceptors (Lipinski definition) is 4. The number of nitrogens with zero attached hydrogens (tertiary/aromatic N) is 1. The lowest BCUT2D eigenvalue weighted by Gasteiger charge is -2.30. The highest BCUT2D eigenvalue weighted by atomic mass is 79.9. The SMILES string of the molecule is Cc1ccc(OCC(=O)Nc2cc(Br)ccc2N2CCOCC2)cc1. The van der Waals surface area contributed by atoms with Gasteiger partial charge in [-0.05, 0) is 37.3 Å². The van der Waals surface area contributed by atoms with E-state index in [2.05, 4.69) is 26.1 Å². The second kappa shape index (κ2) is 8.36. The molecule has 3 rings (SSSR count). The van der Waals surface area contributed by atoms with Gasteiger partial charge in [-0.3, -0.25) is 4.79 Å². The molecule has 2 aromatic carbocycles. The van der Waals surface area contributed by atoms with Crippen LogP contribution in [0.1, 0.15) is 5.56 Å². The molecule has 0 radical (unpaired) electrons.